The van der Waals surface area contributed by atoms with Crippen LogP contribution < -0.4 is 5.32 Å². The van der Waals surface area contributed by atoms with Crippen molar-refractivity contribution in [3.05, 3.63) is 118 Å². The molecule has 2 aromatic rings. The van der Waals surface area contributed by atoms with Gasteiger partial charge in [0.2, 0.25) is 0 Å². The molecule has 6 nitrogen and oxygen atoms in total. The van der Waals surface area contributed by atoms with E-state index in [4.69, 9.17) is 16.3 Å². The van der Waals surface area contributed by atoms with Gasteiger partial charge in [-0.2, -0.15) is 0 Å². The van der Waals surface area contributed by atoms with Gasteiger partial charge in [-0.15, -0.1) is 0 Å². The maximum absolute atomic E-state index is 14.9. The number of halogens is 2. The van der Waals surface area contributed by atoms with Crippen molar-refractivity contribution in [2.75, 3.05) is 6.61 Å². The van der Waals surface area contributed by atoms with Gasteiger partial charge in [-0.25, -0.2) is 9.18 Å². The Bertz CT molecular complexity index is 1440. The van der Waals surface area contributed by atoms with Crippen LogP contribution in [0.3, 0.4) is 0 Å². The summed E-state index contributed by atoms with van der Waals surface area (Å²) in [5.74, 6) is -3.23. The molecule has 1 aliphatic heterocycles. The lowest BCUT2D eigenvalue weighted by Crippen LogP contribution is -2.56. The summed E-state index contributed by atoms with van der Waals surface area (Å²) >= 11 is 5.79. The Labute approximate surface area is 264 Å². The molecule has 5 rings (SSSR count). The number of carbonyl (C=O) groups is 2. The van der Waals surface area contributed by atoms with Crippen LogP contribution in [0.5, 0.6) is 0 Å². The monoisotopic (exact) mass is 621 g/mol. The zero-order valence-corrected chi connectivity index (χ0v) is 26.2. The lowest BCUT2D eigenvalue weighted by atomic mass is 9.80. The highest BCUT2D eigenvalue weighted by Crippen LogP contribution is 2.38. The fraction of sp³-hybridized carbons (Fsp3) is 0.389. The van der Waals surface area contributed by atoms with Crippen LogP contribution in [0.25, 0.3) is 0 Å². The molecule has 1 saturated heterocycles. The maximum Gasteiger partial charge on any atom is 0.336 e. The highest BCUT2D eigenvalue weighted by atomic mass is 35.5. The first-order valence-electron chi connectivity index (χ1n) is 15.2. The van der Waals surface area contributed by atoms with Gasteiger partial charge in [0.1, 0.15) is 11.4 Å². The molecule has 4 atom stereocenters. The van der Waals surface area contributed by atoms with Crippen molar-refractivity contribution in [2.45, 2.75) is 82.1 Å². The third kappa shape index (κ3) is 7.13. The second kappa shape index (κ2) is 14.2. The van der Waals surface area contributed by atoms with E-state index in [1.165, 1.54) is 24.3 Å². The third-order valence-corrected chi connectivity index (χ3v) is 9.23. The molecule has 2 unspecified atom stereocenters. The average Bonchev–Trinajstić information content (AvgIpc) is 3.01. The molecule has 234 valence electrons. The number of aromatic carboxylic acids is 1. The number of carbonyl (C=O) groups excluding carboxylic acids is 1. The number of ketones is 1. The number of carboxylic acid groups (broad SMARTS) is 1. The molecular weight excluding hydrogens is 581 g/mol. The lowest BCUT2D eigenvalue weighted by Gasteiger charge is -2.43. The molecule has 3 aliphatic rings. The molecule has 44 heavy (non-hydrogen) atoms. The molecule has 8 heteroatoms. The SMILES string of the molecule is CCC(O)(c1cc(F)c(C(=O)c2ccc(Cl)cc2)c(C(=O)O)c1)C1CCO1.CC[C@@]1(N[C@]2(CC)C=CC=CC2)C=CC=CC1. The summed E-state index contributed by atoms with van der Waals surface area (Å²) in [4.78, 5) is 24.4. The molecular formula is C36H41ClFNO5. The van der Waals surface area contributed by atoms with Crippen molar-refractivity contribution < 1.29 is 28.9 Å². The van der Waals surface area contributed by atoms with Gasteiger partial charge in [-0.1, -0.05) is 81.0 Å². The number of aliphatic hydroxyl groups is 1. The zero-order valence-electron chi connectivity index (χ0n) is 25.5. The Morgan fingerprint density at radius 3 is 1.98 bits per heavy atom. The van der Waals surface area contributed by atoms with Crippen molar-refractivity contribution in [3.8, 4) is 0 Å². The number of rotatable bonds is 10. The first-order valence-corrected chi connectivity index (χ1v) is 15.6. The standard InChI is InChI=1S/C20H18ClFO5.C16H23N/c1-2-20(26,16-7-8-27-16)12-9-14(19(24)25)17(15(22)10-12)18(23)11-3-5-13(21)6-4-11;1-3-15(11-7-5-8-12-15)17-16(4-2)13-9-6-10-14-16/h3-6,9-10,16,26H,2,7-8H2,1H3,(H,24,25);5-11,13,17H,3-4,12,14H2,1-2H3/t;15-,16-/m.1/s1. The van der Waals surface area contributed by atoms with Gasteiger partial charge >= 0.3 is 5.97 Å². The molecule has 0 radical (unpaired) electrons. The predicted octanol–water partition coefficient (Wildman–Crippen LogP) is 7.70. The summed E-state index contributed by atoms with van der Waals surface area (Å²) in [5, 5.41) is 24.8. The van der Waals surface area contributed by atoms with Gasteiger partial charge in [0.25, 0.3) is 0 Å². The second-order valence-corrected chi connectivity index (χ2v) is 12.0. The normalized spacial score (nSPS) is 25.0. The summed E-state index contributed by atoms with van der Waals surface area (Å²) in [6.45, 7) is 6.71. The number of benzene rings is 2. The highest BCUT2D eigenvalue weighted by molar-refractivity contribution is 6.30. The molecule has 0 amide bonds. The van der Waals surface area contributed by atoms with E-state index in [0.29, 0.717) is 18.1 Å². The molecule has 0 spiro atoms. The van der Waals surface area contributed by atoms with Crippen molar-refractivity contribution in [2.24, 2.45) is 0 Å². The minimum Gasteiger partial charge on any atom is -0.478 e. The quantitative estimate of drug-likeness (QED) is 0.235. The molecule has 1 fully saturated rings. The molecule has 2 aromatic carbocycles. The first-order chi connectivity index (χ1) is 21.0. The Balaban J connectivity index is 0.000000223. The topological polar surface area (TPSA) is 95.9 Å². The van der Waals surface area contributed by atoms with Crippen LogP contribution in [-0.2, 0) is 10.3 Å². The number of hydrogen-bond acceptors (Lipinski definition) is 5. The van der Waals surface area contributed by atoms with Gasteiger partial charge in [0.15, 0.2) is 5.78 Å². The summed E-state index contributed by atoms with van der Waals surface area (Å²) in [6.07, 6.45) is 22.5. The summed E-state index contributed by atoms with van der Waals surface area (Å²) in [7, 11) is 0. The number of carboxylic acids is 1. The van der Waals surface area contributed by atoms with Gasteiger partial charge in [-0.05, 0) is 74.1 Å². The van der Waals surface area contributed by atoms with Gasteiger partial charge in [0, 0.05) is 34.7 Å². The largest absolute Gasteiger partial charge is 0.478 e. The number of ether oxygens (including phenoxy) is 1. The van der Waals surface area contributed by atoms with E-state index in [1.54, 1.807) is 6.92 Å². The second-order valence-electron chi connectivity index (χ2n) is 11.6. The zero-order chi connectivity index (χ0) is 32.0. The minimum atomic E-state index is -1.52. The van der Waals surface area contributed by atoms with Crippen molar-refractivity contribution in [3.63, 3.8) is 0 Å². The molecule has 2 aliphatic carbocycles. The van der Waals surface area contributed by atoms with E-state index in [1.807, 2.05) is 0 Å². The Hall–Kier alpha value is -3.36. The number of nitrogens with one attached hydrogen (secondary N) is 1. The molecule has 0 saturated carbocycles. The van der Waals surface area contributed by atoms with Gasteiger partial charge < -0.3 is 14.9 Å². The van der Waals surface area contributed by atoms with Crippen LogP contribution in [-0.4, -0.2) is 45.8 Å². The minimum absolute atomic E-state index is 0.0808. The van der Waals surface area contributed by atoms with E-state index in [-0.39, 0.29) is 28.6 Å². The van der Waals surface area contributed by atoms with Crippen molar-refractivity contribution in [1.29, 1.82) is 0 Å². The third-order valence-electron chi connectivity index (χ3n) is 8.97. The summed E-state index contributed by atoms with van der Waals surface area (Å²) < 4.78 is 20.2. The Morgan fingerprint density at radius 1 is 1.00 bits per heavy atom. The van der Waals surface area contributed by atoms with Crippen molar-refractivity contribution >= 4 is 23.4 Å². The fourth-order valence-electron chi connectivity index (χ4n) is 5.94. The number of allylic oxidation sites excluding steroid dienone is 4. The molecule has 3 N–H and O–H groups in total. The van der Waals surface area contributed by atoms with Crippen LogP contribution in [0, 0.1) is 5.82 Å². The van der Waals surface area contributed by atoms with Gasteiger partial charge in [0.05, 0.1) is 17.2 Å². The summed E-state index contributed by atoms with van der Waals surface area (Å²) in [5.41, 5.74) is -2.11. The predicted molar refractivity (Wildman–Crippen MR) is 172 cm³/mol. The fourth-order valence-corrected chi connectivity index (χ4v) is 6.07. The van der Waals surface area contributed by atoms with E-state index < -0.39 is 40.4 Å². The first kappa shape index (κ1) is 33.5. The van der Waals surface area contributed by atoms with E-state index in [0.717, 1.165) is 37.8 Å². The van der Waals surface area contributed by atoms with E-state index >= 15 is 0 Å². The highest BCUT2D eigenvalue weighted by Gasteiger charge is 2.43. The molecule has 0 aromatic heterocycles. The Morgan fingerprint density at radius 2 is 1.57 bits per heavy atom. The van der Waals surface area contributed by atoms with E-state index in [2.05, 4.69) is 67.8 Å². The van der Waals surface area contributed by atoms with Crippen LogP contribution in [0.2, 0.25) is 5.02 Å². The smallest absolute Gasteiger partial charge is 0.336 e. The van der Waals surface area contributed by atoms with Crippen LogP contribution in [0.1, 0.15) is 91.1 Å². The maximum atomic E-state index is 14.9. The van der Waals surface area contributed by atoms with Crippen LogP contribution in [0.15, 0.2) is 85.0 Å². The van der Waals surface area contributed by atoms with E-state index in [9.17, 15) is 24.2 Å². The van der Waals surface area contributed by atoms with Gasteiger partial charge in [-0.3, -0.25) is 10.1 Å². The summed E-state index contributed by atoms with van der Waals surface area (Å²) in [6, 6.07) is 7.89. The molecule has 1 heterocycles. The van der Waals surface area contributed by atoms with Crippen LogP contribution >= 0.6 is 11.6 Å². The molecule has 0 bridgehead atoms. The van der Waals surface area contributed by atoms with Crippen LogP contribution in [0.4, 0.5) is 4.39 Å². The average molecular weight is 622 g/mol. The van der Waals surface area contributed by atoms with Crippen molar-refractivity contribution in [1.82, 2.24) is 5.32 Å². The Kier molecular flexibility index (Phi) is 10.8. The number of hydrogen-bond donors (Lipinski definition) is 3. The lowest BCUT2D eigenvalue weighted by molar-refractivity contribution is -0.178.